The summed E-state index contributed by atoms with van der Waals surface area (Å²) >= 11 is 4.38. The van der Waals surface area contributed by atoms with Gasteiger partial charge in [-0.15, -0.1) is 12.6 Å². The first-order valence-corrected chi connectivity index (χ1v) is 6.63. The van der Waals surface area contributed by atoms with Crippen LogP contribution in [0.3, 0.4) is 0 Å². The third-order valence-electron chi connectivity index (χ3n) is 3.37. The van der Waals surface area contributed by atoms with Crippen LogP contribution in [-0.2, 0) is 0 Å². The van der Waals surface area contributed by atoms with E-state index in [0.717, 1.165) is 43.3 Å². The zero-order valence-electron chi connectivity index (χ0n) is 10.3. The number of nitrogens with zero attached hydrogens (tertiary/aromatic N) is 1. The van der Waals surface area contributed by atoms with Gasteiger partial charge in [0.2, 0.25) is 0 Å². The predicted molar refractivity (Wildman–Crippen MR) is 75.8 cm³/mol. The zero-order chi connectivity index (χ0) is 12.3. The molecule has 4 heteroatoms. The van der Waals surface area contributed by atoms with Gasteiger partial charge in [0, 0.05) is 43.3 Å². The summed E-state index contributed by atoms with van der Waals surface area (Å²) in [4.78, 5) is 3.39. The number of rotatable bonds is 3. The Morgan fingerprint density at radius 1 is 1.41 bits per heavy atom. The van der Waals surface area contributed by atoms with E-state index in [-0.39, 0.29) is 0 Å². The first-order valence-electron chi connectivity index (χ1n) is 6.18. The van der Waals surface area contributed by atoms with Crippen molar-refractivity contribution < 1.29 is 0 Å². The summed E-state index contributed by atoms with van der Waals surface area (Å²) in [6, 6.07) is 6.15. The van der Waals surface area contributed by atoms with Crippen molar-refractivity contribution in [1.82, 2.24) is 10.2 Å². The summed E-state index contributed by atoms with van der Waals surface area (Å²) in [5, 5.41) is 3.37. The van der Waals surface area contributed by atoms with E-state index in [0.29, 0.717) is 5.92 Å². The second-order valence-electron chi connectivity index (χ2n) is 4.77. The van der Waals surface area contributed by atoms with Crippen molar-refractivity contribution >= 4 is 18.3 Å². The predicted octanol–water partition coefficient (Wildman–Crippen LogP) is 1.57. The van der Waals surface area contributed by atoms with Crippen molar-refractivity contribution in [2.75, 3.05) is 38.5 Å². The number of hydrogen-bond acceptors (Lipinski definition) is 4. The summed E-state index contributed by atoms with van der Waals surface area (Å²) in [5.41, 5.74) is 7.86. The molecule has 1 saturated heterocycles. The maximum absolute atomic E-state index is 5.78. The number of anilines is 1. The maximum Gasteiger partial charge on any atom is 0.0449 e. The average molecular weight is 251 g/mol. The monoisotopic (exact) mass is 251 g/mol. The molecule has 3 N–H and O–H groups in total. The lowest BCUT2D eigenvalue weighted by Crippen LogP contribution is -2.44. The third kappa shape index (κ3) is 3.37. The molecule has 1 fully saturated rings. The van der Waals surface area contributed by atoms with Crippen LogP contribution in [0, 0.1) is 0 Å². The summed E-state index contributed by atoms with van der Waals surface area (Å²) in [7, 11) is 0. The number of piperazine rings is 1. The lowest BCUT2D eigenvalue weighted by Gasteiger charge is -2.29. The molecule has 0 spiro atoms. The topological polar surface area (TPSA) is 41.3 Å². The summed E-state index contributed by atoms with van der Waals surface area (Å²) < 4.78 is 0. The molecule has 1 aromatic carbocycles. The maximum atomic E-state index is 5.78. The smallest absolute Gasteiger partial charge is 0.0449 e. The quantitative estimate of drug-likeness (QED) is 0.564. The highest BCUT2D eigenvalue weighted by Crippen LogP contribution is 2.24. The van der Waals surface area contributed by atoms with Crippen LogP contribution in [0.4, 0.5) is 5.69 Å². The van der Waals surface area contributed by atoms with E-state index in [1.165, 1.54) is 5.56 Å². The van der Waals surface area contributed by atoms with Crippen molar-refractivity contribution in [2.45, 2.75) is 17.7 Å². The van der Waals surface area contributed by atoms with Crippen LogP contribution in [0.25, 0.3) is 0 Å². The van der Waals surface area contributed by atoms with Gasteiger partial charge in [0.05, 0.1) is 0 Å². The first kappa shape index (κ1) is 12.7. The van der Waals surface area contributed by atoms with Crippen molar-refractivity contribution in [3.63, 3.8) is 0 Å². The van der Waals surface area contributed by atoms with Gasteiger partial charge in [-0.1, -0.05) is 13.0 Å². The van der Waals surface area contributed by atoms with Gasteiger partial charge in [0.25, 0.3) is 0 Å². The van der Waals surface area contributed by atoms with Crippen molar-refractivity contribution in [1.29, 1.82) is 0 Å². The number of nitrogens with two attached hydrogens (primary N) is 1. The molecule has 1 aliphatic rings. The van der Waals surface area contributed by atoms with Crippen LogP contribution in [0.2, 0.25) is 0 Å². The molecular formula is C13H21N3S. The van der Waals surface area contributed by atoms with Crippen molar-refractivity contribution in [3.05, 3.63) is 23.8 Å². The SMILES string of the molecule is CC(CN1CCNCC1)c1ccc(N)c(S)c1. The minimum atomic E-state index is 0.527. The molecule has 1 heterocycles. The van der Waals surface area contributed by atoms with Gasteiger partial charge in [-0.05, 0) is 23.6 Å². The van der Waals surface area contributed by atoms with Gasteiger partial charge in [-0.2, -0.15) is 0 Å². The Morgan fingerprint density at radius 3 is 2.76 bits per heavy atom. The molecule has 1 aromatic rings. The number of benzene rings is 1. The Hall–Kier alpha value is -0.710. The molecule has 0 bridgehead atoms. The van der Waals surface area contributed by atoms with Gasteiger partial charge in [0.1, 0.15) is 0 Å². The molecule has 1 unspecified atom stereocenters. The Morgan fingerprint density at radius 2 is 2.12 bits per heavy atom. The van der Waals surface area contributed by atoms with Gasteiger partial charge < -0.3 is 16.0 Å². The molecule has 0 amide bonds. The minimum Gasteiger partial charge on any atom is -0.398 e. The zero-order valence-corrected chi connectivity index (χ0v) is 11.2. The lowest BCUT2D eigenvalue weighted by atomic mass is 10.00. The second kappa shape index (κ2) is 5.76. The largest absolute Gasteiger partial charge is 0.398 e. The molecule has 2 rings (SSSR count). The van der Waals surface area contributed by atoms with Crippen molar-refractivity contribution in [3.8, 4) is 0 Å². The average Bonchev–Trinajstić information content (AvgIpc) is 2.34. The fourth-order valence-electron chi connectivity index (χ4n) is 2.25. The van der Waals surface area contributed by atoms with E-state index in [1.807, 2.05) is 6.07 Å². The van der Waals surface area contributed by atoms with Crippen LogP contribution in [0.15, 0.2) is 23.1 Å². The van der Waals surface area contributed by atoms with Crippen LogP contribution in [0.1, 0.15) is 18.4 Å². The van der Waals surface area contributed by atoms with Crippen LogP contribution >= 0.6 is 12.6 Å². The summed E-state index contributed by atoms with van der Waals surface area (Å²) in [5.74, 6) is 0.527. The Labute approximate surface area is 109 Å². The number of nitrogen functional groups attached to an aromatic ring is 1. The van der Waals surface area contributed by atoms with E-state index in [4.69, 9.17) is 5.73 Å². The molecule has 0 aromatic heterocycles. The molecule has 0 aliphatic carbocycles. The van der Waals surface area contributed by atoms with E-state index in [1.54, 1.807) is 0 Å². The van der Waals surface area contributed by atoms with E-state index >= 15 is 0 Å². The van der Waals surface area contributed by atoms with E-state index < -0.39 is 0 Å². The Balaban J connectivity index is 1.98. The molecule has 0 radical (unpaired) electrons. The molecular weight excluding hydrogens is 230 g/mol. The van der Waals surface area contributed by atoms with Crippen LogP contribution in [0.5, 0.6) is 0 Å². The molecule has 1 atom stereocenters. The van der Waals surface area contributed by atoms with Gasteiger partial charge in [-0.3, -0.25) is 0 Å². The van der Waals surface area contributed by atoms with Crippen LogP contribution in [-0.4, -0.2) is 37.6 Å². The third-order valence-corrected chi connectivity index (χ3v) is 3.75. The van der Waals surface area contributed by atoms with Crippen LogP contribution < -0.4 is 11.1 Å². The molecule has 0 saturated carbocycles. The molecule has 17 heavy (non-hydrogen) atoms. The molecule has 94 valence electrons. The van der Waals surface area contributed by atoms with Gasteiger partial charge in [0.15, 0.2) is 0 Å². The minimum absolute atomic E-state index is 0.527. The van der Waals surface area contributed by atoms with E-state index in [2.05, 4.69) is 41.9 Å². The standard InChI is InChI=1S/C13H21N3S/c1-10(9-16-6-4-15-5-7-16)11-2-3-12(14)13(17)8-11/h2-3,8,10,15,17H,4-7,9,14H2,1H3. The lowest BCUT2D eigenvalue weighted by molar-refractivity contribution is 0.230. The number of hydrogen-bond donors (Lipinski definition) is 3. The summed E-state index contributed by atoms with van der Waals surface area (Å²) in [6.07, 6.45) is 0. The molecule has 3 nitrogen and oxygen atoms in total. The highest BCUT2D eigenvalue weighted by Gasteiger charge is 2.14. The number of thiol groups is 1. The fourth-order valence-corrected chi connectivity index (χ4v) is 2.48. The second-order valence-corrected chi connectivity index (χ2v) is 5.25. The summed E-state index contributed by atoms with van der Waals surface area (Å²) in [6.45, 7) is 7.87. The normalized spacial score (nSPS) is 19.2. The fraction of sp³-hybridized carbons (Fsp3) is 0.538. The Bertz CT molecular complexity index is 375. The van der Waals surface area contributed by atoms with E-state index in [9.17, 15) is 0 Å². The van der Waals surface area contributed by atoms with Gasteiger partial charge in [-0.25, -0.2) is 0 Å². The van der Waals surface area contributed by atoms with Gasteiger partial charge >= 0.3 is 0 Å². The van der Waals surface area contributed by atoms with Crippen molar-refractivity contribution in [2.24, 2.45) is 0 Å². The highest BCUT2D eigenvalue weighted by atomic mass is 32.1. The highest BCUT2D eigenvalue weighted by molar-refractivity contribution is 7.80. The first-order chi connectivity index (χ1) is 8.16. The Kier molecular flexibility index (Phi) is 4.31. The molecule has 1 aliphatic heterocycles. The number of nitrogens with one attached hydrogen (secondary N) is 1.